The van der Waals surface area contributed by atoms with Gasteiger partial charge in [0.25, 0.3) is 0 Å². The number of aryl methyl sites for hydroxylation is 2. The monoisotopic (exact) mass is 332 g/mol. The van der Waals surface area contributed by atoms with Crippen LogP contribution in [-0.4, -0.2) is 40.3 Å². The quantitative estimate of drug-likeness (QED) is 0.913. The molecule has 0 amide bonds. The Morgan fingerprint density at radius 1 is 1.26 bits per heavy atom. The number of rotatable bonds is 5. The maximum absolute atomic E-state index is 10.7. The molecule has 1 N–H and O–H groups in total. The van der Waals surface area contributed by atoms with Crippen molar-refractivity contribution in [3.05, 3.63) is 45.9 Å². The highest BCUT2D eigenvalue weighted by Gasteiger charge is 2.33. The van der Waals surface area contributed by atoms with Crippen molar-refractivity contribution < 1.29 is 9.84 Å². The number of aromatic nitrogens is 1. The van der Waals surface area contributed by atoms with Crippen molar-refractivity contribution in [2.75, 3.05) is 19.7 Å². The van der Waals surface area contributed by atoms with Crippen LogP contribution in [0, 0.1) is 13.8 Å². The molecule has 1 aromatic carbocycles. The Kier molecular flexibility index (Phi) is 4.99. The molecule has 0 atom stereocenters. The fourth-order valence-electron chi connectivity index (χ4n) is 2.82. The topological polar surface area (TPSA) is 45.6 Å². The minimum Gasteiger partial charge on any atom is -0.491 e. The zero-order valence-corrected chi connectivity index (χ0v) is 14.6. The average molecular weight is 332 g/mol. The number of aliphatic hydroxyl groups is 1. The first-order valence-corrected chi connectivity index (χ1v) is 8.95. The lowest BCUT2D eigenvalue weighted by Crippen LogP contribution is -2.47. The lowest BCUT2D eigenvalue weighted by molar-refractivity contribution is -0.0537. The molecular formula is C18H24N2O2S. The molecule has 0 unspecified atom stereocenters. The second kappa shape index (κ2) is 6.99. The summed E-state index contributed by atoms with van der Waals surface area (Å²) in [6.45, 7) is 7.17. The normalized spacial score (nSPS) is 18.0. The number of thiazole rings is 1. The molecule has 1 aliphatic rings. The van der Waals surface area contributed by atoms with Crippen LogP contribution in [-0.2, 0) is 6.54 Å². The minimum absolute atomic E-state index is 0.362. The molecule has 124 valence electrons. The van der Waals surface area contributed by atoms with E-state index in [-0.39, 0.29) is 0 Å². The van der Waals surface area contributed by atoms with E-state index in [1.165, 1.54) is 11.1 Å². The number of piperidine rings is 1. The molecule has 4 nitrogen and oxygen atoms in total. The molecule has 23 heavy (non-hydrogen) atoms. The number of nitrogens with zero attached hydrogens (tertiary/aromatic N) is 2. The molecule has 0 aliphatic carbocycles. The van der Waals surface area contributed by atoms with Crippen molar-refractivity contribution in [1.29, 1.82) is 0 Å². The molecule has 0 radical (unpaired) electrons. The summed E-state index contributed by atoms with van der Waals surface area (Å²) in [6, 6.07) is 6.07. The number of ether oxygens (including phenoxy) is 1. The summed E-state index contributed by atoms with van der Waals surface area (Å²) >= 11 is 1.69. The first kappa shape index (κ1) is 16.4. The predicted octanol–water partition coefficient (Wildman–Crippen LogP) is 3.17. The van der Waals surface area contributed by atoms with Crippen molar-refractivity contribution in [2.45, 2.75) is 38.8 Å². The second-order valence-corrected chi connectivity index (χ2v) is 7.44. The van der Waals surface area contributed by atoms with Gasteiger partial charge < -0.3 is 9.84 Å². The highest BCUT2D eigenvalue weighted by molar-refractivity contribution is 7.09. The van der Waals surface area contributed by atoms with Crippen molar-refractivity contribution in [3.63, 3.8) is 0 Å². The Bertz CT molecular complexity index is 634. The molecule has 1 saturated heterocycles. The van der Waals surface area contributed by atoms with Crippen molar-refractivity contribution in [2.24, 2.45) is 0 Å². The maximum Gasteiger partial charge on any atom is 0.119 e. The third-order valence-corrected chi connectivity index (χ3v) is 5.38. The van der Waals surface area contributed by atoms with Gasteiger partial charge in [-0.3, -0.25) is 4.90 Å². The summed E-state index contributed by atoms with van der Waals surface area (Å²) in [5, 5.41) is 13.9. The third-order valence-electron chi connectivity index (χ3n) is 4.61. The molecule has 3 rings (SSSR count). The molecule has 0 saturated carbocycles. The van der Waals surface area contributed by atoms with Crippen LogP contribution in [0.15, 0.2) is 29.8 Å². The lowest BCUT2D eigenvalue weighted by atomic mass is 9.92. The van der Waals surface area contributed by atoms with Gasteiger partial charge in [0.15, 0.2) is 0 Å². The molecule has 1 aromatic heterocycles. The van der Waals surface area contributed by atoms with E-state index < -0.39 is 5.60 Å². The van der Waals surface area contributed by atoms with E-state index in [0.717, 1.165) is 43.2 Å². The Hall–Kier alpha value is -1.43. The summed E-state index contributed by atoms with van der Waals surface area (Å²) in [7, 11) is 0. The van der Waals surface area contributed by atoms with Gasteiger partial charge in [-0.05, 0) is 49.9 Å². The van der Waals surface area contributed by atoms with E-state index in [2.05, 4.69) is 29.8 Å². The standard InChI is InChI=1S/C18H24N2O2S/c1-14-3-4-16(11-15(14)2)22-13-18(21)5-8-20(9-6-18)12-17-19-7-10-23-17/h3-4,7,10-11,21H,5-6,8-9,12-13H2,1-2H3. The van der Waals surface area contributed by atoms with Crippen molar-refractivity contribution in [1.82, 2.24) is 9.88 Å². The summed E-state index contributed by atoms with van der Waals surface area (Å²) in [4.78, 5) is 6.68. The van der Waals surface area contributed by atoms with Crippen LogP contribution in [0.1, 0.15) is 29.0 Å². The van der Waals surface area contributed by atoms with Gasteiger partial charge >= 0.3 is 0 Å². The van der Waals surface area contributed by atoms with Gasteiger partial charge in [0.05, 0.1) is 6.54 Å². The van der Waals surface area contributed by atoms with E-state index in [1.807, 2.05) is 23.7 Å². The van der Waals surface area contributed by atoms with Crippen LogP contribution < -0.4 is 4.74 Å². The van der Waals surface area contributed by atoms with Crippen molar-refractivity contribution in [3.8, 4) is 5.75 Å². The molecule has 2 heterocycles. The van der Waals surface area contributed by atoms with E-state index in [1.54, 1.807) is 11.3 Å². The number of benzene rings is 1. The zero-order valence-electron chi connectivity index (χ0n) is 13.8. The Morgan fingerprint density at radius 2 is 2.04 bits per heavy atom. The van der Waals surface area contributed by atoms with Gasteiger partial charge in [0.2, 0.25) is 0 Å². The van der Waals surface area contributed by atoms with Crippen LogP contribution in [0.3, 0.4) is 0 Å². The zero-order chi connectivity index (χ0) is 16.3. The van der Waals surface area contributed by atoms with E-state index in [9.17, 15) is 5.11 Å². The molecule has 1 fully saturated rings. The fraction of sp³-hybridized carbons (Fsp3) is 0.500. The first-order valence-electron chi connectivity index (χ1n) is 8.07. The van der Waals surface area contributed by atoms with Gasteiger partial charge in [-0.1, -0.05) is 6.07 Å². The smallest absolute Gasteiger partial charge is 0.119 e. The maximum atomic E-state index is 10.7. The Labute approximate surface area is 141 Å². The Morgan fingerprint density at radius 3 is 2.70 bits per heavy atom. The van der Waals surface area contributed by atoms with Crippen molar-refractivity contribution >= 4 is 11.3 Å². The number of hydrogen-bond acceptors (Lipinski definition) is 5. The fourth-order valence-corrected chi connectivity index (χ4v) is 3.47. The van der Waals surface area contributed by atoms with Gasteiger partial charge in [-0.25, -0.2) is 4.98 Å². The highest BCUT2D eigenvalue weighted by Crippen LogP contribution is 2.25. The average Bonchev–Trinajstić information content (AvgIpc) is 3.04. The SMILES string of the molecule is Cc1ccc(OCC2(O)CCN(Cc3nccs3)CC2)cc1C. The highest BCUT2D eigenvalue weighted by atomic mass is 32.1. The second-order valence-electron chi connectivity index (χ2n) is 6.46. The van der Waals surface area contributed by atoms with Gasteiger partial charge in [0, 0.05) is 24.7 Å². The summed E-state index contributed by atoms with van der Waals surface area (Å²) in [5.41, 5.74) is 1.75. The van der Waals surface area contributed by atoms with Crippen LogP contribution >= 0.6 is 11.3 Å². The number of hydrogen-bond donors (Lipinski definition) is 1. The van der Waals surface area contributed by atoms with Crippen LogP contribution in [0.2, 0.25) is 0 Å². The minimum atomic E-state index is -0.724. The molecule has 0 bridgehead atoms. The van der Waals surface area contributed by atoms with E-state index in [4.69, 9.17) is 4.74 Å². The predicted molar refractivity (Wildman–Crippen MR) is 93.0 cm³/mol. The molecule has 2 aromatic rings. The number of likely N-dealkylation sites (tertiary alicyclic amines) is 1. The lowest BCUT2D eigenvalue weighted by Gasteiger charge is -2.37. The summed E-state index contributed by atoms with van der Waals surface area (Å²) in [5.74, 6) is 0.840. The third kappa shape index (κ3) is 4.31. The molecule has 1 aliphatic heterocycles. The largest absolute Gasteiger partial charge is 0.491 e. The molecule has 0 spiro atoms. The van der Waals surface area contributed by atoms with E-state index >= 15 is 0 Å². The summed E-state index contributed by atoms with van der Waals surface area (Å²) in [6.07, 6.45) is 3.32. The summed E-state index contributed by atoms with van der Waals surface area (Å²) < 4.78 is 5.85. The Balaban J connectivity index is 1.50. The molecular weight excluding hydrogens is 308 g/mol. The van der Waals surface area contributed by atoms with E-state index in [0.29, 0.717) is 6.61 Å². The van der Waals surface area contributed by atoms with Gasteiger partial charge in [0.1, 0.15) is 23.0 Å². The van der Waals surface area contributed by atoms with Gasteiger partial charge in [-0.2, -0.15) is 0 Å². The van der Waals surface area contributed by atoms with Crippen LogP contribution in [0.5, 0.6) is 5.75 Å². The first-order chi connectivity index (χ1) is 11.0. The van der Waals surface area contributed by atoms with Crippen LogP contribution in [0.4, 0.5) is 0 Å². The van der Waals surface area contributed by atoms with Crippen LogP contribution in [0.25, 0.3) is 0 Å². The van der Waals surface area contributed by atoms with Gasteiger partial charge in [-0.15, -0.1) is 11.3 Å². The molecule has 5 heteroatoms.